The summed E-state index contributed by atoms with van der Waals surface area (Å²) in [6.45, 7) is 0. The maximum absolute atomic E-state index is 13.0. The highest BCUT2D eigenvalue weighted by molar-refractivity contribution is 7.86. The van der Waals surface area contributed by atoms with Crippen molar-refractivity contribution in [3.8, 4) is 5.75 Å². The van der Waals surface area contributed by atoms with Crippen LogP contribution < -0.4 is 11.1 Å². The van der Waals surface area contributed by atoms with Crippen LogP contribution >= 0.6 is 0 Å². The van der Waals surface area contributed by atoms with Crippen molar-refractivity contribution in [2.24, 2.45) is 0 Å². The van der Waals surface area contributed by atoms with Crippen LogP contribution in [0.1, 0.15) is 10.4 Å². The van der Waals surface area contributed by atoms with Gasteiger partial charge >= 0.3 is 0 Å². The van der Waals surface area contributed by atoms with E-state index in [1.165, 1.54) is 12.1 Å². The minimum Gasteiger partial charge on any atom is -0.507 e. The molecule has 0 spiro atoms. The van der Waals surface area contributed by atoms with E-state index >= 15 is 0 Å². The van der Waals surface area contributed by atoms with Gasteiger partial charge in [0.1, 0.15) is 5.75 Å². The van der Waals surface area contributed by atoms with Crippen molar-refractivity contribution in [2.75, 3.05) is 11.1 Å². The number of hydrogen-bond acceptors (Lipinski definition) is 7. The van der Waals surface area contributed by atoms with Gasteiger partial charge in [-0.15, -0.1) is 0 Å². The molecule has 0 heterocycles. The normalized spacial score (nSPS) is 12.2. The van der Waals surface area contributed by atoms with Crippen LogP contribution in [0.4, 0.5) is 11.4 Å². The number of nitrogens with two attached hydrogens (primary N) is 1. The molecule has 0 radical (unpaired) electrons. The second-order valence-corrected chi connectivity index (χ2v) is 10.0. The molecule has 4 aromatic rings. The number of hydrogen-bond donors (Lipinski definition) is 5. The Morgan fingerprint density at radius 1 is 0.788 bits per heavy atom. The highest BCUT2D eigenvalue weighted by Gasteiger charge is 2.21. The number of rotatable bonds is 4. The van der Waals surface area contributed by atoms with Crippen molar-refractivity contribution >= 4 is 59.1 Å². The van der Waals surface area contributed by atoms with Crippen LogP contribution in [0, 0.1) is 0 Å². The third-order valence-corrected chi connectivity index (χ3v) is 6.64. The van der Waals surface area contributed by atoms with Gasteiger partial charge in [-0.05, 0) is 52.6 Å². The molecule has 0 saturated heterocycles. The molecule has 0 fully saturated rings. The van der Waals surface area contributed by atoms with Crippen molar-refractivity contribution in [3.63, 3.8) is 0 Å². The number of anilines is 2. The molecule has 6 N–H and O–H groups in total. The van der Waals surface area contributed by atoms with Gasteiger partial charge in [0, 0.05) is 11.1 Å². The van der Waals surface area contributed by atoms with Gasteiger partial charge in [0.05, 0.1) is 21.0 Å². The van der Waals surface area contributed by atoms with Gasteiger partial charge in [0.2, 0.25) is 0 Å². The van der Waals surface area contributed by atoms with E-state index in [9.17, 15) is 35.8 Å². The Kier molecular flexibility index (Phi) is 5.25. The third kappa shape index (κ3) is 4.32. The Morgan fingerprint density at radius 2 is 1.33 bits per heavy atom. The first kappa shape index (κ1) is 22.5. The van der Waals surface area contributed by atoms with Crippen molar-refractivity contribution in [1.29, 1.82) is 0 Å². The predicted molar refractivity (Wildman–Crippen MR) is 122 cm³/mol. The smallest absolute Gasteiger partial charge is 0.294 e. The van der Waals surface area contributed by atoms with Gasteiger partial charge in [0.25, 0.3) is 26.1 Å². The molecule has 0 aromatic heterocycles. The van der Waals surface area contributed by atoms with E-state index in [0.717, 1.165) is 24.3 Å². The average molecular weight is 488 g/mol. The van der Waals surface area contributed by atoms with E-state index in [2.05, 4.69) is 5.32 Å². The lowest BCUT2D eigenvalue weighted by Gasteiger charge is -2.14. The van der Waals surface area contributed by atoms with E-state index in [0.29, 0.717) is 10.8 Å². The standard InChI is InChI=1S/C21H16N2O8S2/c22-17-9-14(32(26,27)28)5-13-6-15(33(29,30)31)10-18(20(13)17)23-21(25)16-7-11-3-1-2-4-12(11)8-19(16)24/h1-10,24H,22H2,(H,23,25)(H,26,27,28)(H,29,30,31). The van der Waals surface area contributed by atoms with Crippen molar-refractivity contribution in [3.05, 3.63) is 66.2 Å². The molecule has 0 bridgehead atoms. The lowest BCUT2D eigenvalue weighted by Crippen LogP contribution is -2.14. The number of carbonyl (C=O) groups is 1. The fourth-order valence-corrected chi connectivity index (χ4v) is 4.58. The van der Waals surface area contributed by atoms with Crippen LogP contribution in [0.3, 0.4) is 0 Å². The minimum absolute atomic E-state index is 0.0587. The van der Waals surface area contributed by atoms with Crippen molar-refractivity contribution < 1.29 is 35.8 Å². The van der Waals surface area contributed by atoms with Crippen LogP contribution in [-0.4, -0.2) is 37.0 Å². The Bertz CT molecular complexity index is 1670. The van der Waals surface area contributed by atoms with Gasteiger partial charge in [-0.2, -0.15) is 16.8 Å². The topological polar surface area (TPSA) is 184 Å². The molecule has 0 aliphatic rings. The summed E-state index contributed by atoms with van der Waals surface area (Å²) in [6.07, 6.45) is 0. The zero-order valence-electron chi connectivity index (χ0n) is 16.6. The maximum atomic E-state index is 13.0. The first-order valence-electron chi connectivity index (χ1n) is 9.20. The van der Waals surface area contributed by atoms with Crippen LogP contribution in [0.5, 0.6) is 5.75 Å². The molecular formula is C21H16N2O8S2. The third-order valence-electron chi connectivity index (χ3n) is 4.98. The molecule has 0 aliphatic carbocycles. The number of nitrogen functional groups attached to an aromatic ring is 1. The molecule has 33 heavy (non-hydrogen) atoms. The number of aromatic hydroxyl groups is 1. The SMILES string of the molecule is Nc1cc(S(=O)(=O)O)cc2cc(S(=O)(=O)O)cc(NC(=O)c3cc4ccccc4cc3O)c12. The summed E-state index contributed by atoms with van der Waals surface area (Å²) in [4.78, 5) is 11.7. The molecule has 4 rings (SSSR count). The number of carbonyl (C=O) groups excluding carboxylic acids is 1. The molecule has 1 amide bonds. The van der Waals surface area contributed by atoms with Crippen molar-refractivity contribution in [1.82, 2.24) is 0 Å². The lowest BCUT2D eigenvalue weighted by molar-refractivity contribution is 0.102. The highest BCUT2D eigenvalue weighted by atomic mass is 32.2. The van der Waals surface area contributed by atoms with Crippen molar-refractivity contribution in [2.45, 2.75) is 9.79 Å². The number of amides is 1. The lowest BCUT2D eigenvalue weighted by atomic mass is 10.0. The van der Waals surface area contributed by atoms with E-state index in [4.69, 9.17) is 5.73 Å². The molecule has 0 saturated carbocycles. The first-order chi connectivity index (χ1) is 15.3. The Balaban J connectivity index is 1.91. The summed E-state index contributed by atoms with van der Waals surface area (Å²) < 4.78 is 65.4. The number of phenolic OH excluding ortho intramolecular Hbond substituents is 1. The Labute approximate surface area is 187 Å². The van der Waals surface area contributed by atoms with Crippen LogP contribution in [0.25, 0.3) is 21.5 Å². The van der Waals surface area contributed by atoms with Gasteiger partial charge in [0.15, 0.2) is 0 Å². The van der Waals surface area contributed by atoms with Gasteiger partial charge < -0.3 is 16.2 Å². The maximum Gasteiger partial charge on any atom is 0.294 e. The zero-order chi connectivity index (χ0) is 24.1. The summed E-state index contributed by atoms with van der Waals surface area (Å²) in [6, 6.07) is 13.6. The van der Waals surface area contributed by atoms with Crippen LogP contribution in [0.15, 0.2) is 70.5 Å². The van der Waals surface area contributed by atoms with Gasteiger partial charge in [-0.25, -0.2) is 0 Å². The second kappa shape index (κ2) is 7.71. The fourth-order valence-electron chi connectivity index (χ4n) is 3.49. The molecule has 10 nitrogen and oxygen atoms in total. The summed E-state index contributed by atoms with van der Waals surface area (Å²) in [5.41, 5.74) is 5.46. The quantitative estimate of drug-likeness (QED) is 0.213. The minimum atomic E-state index is -4.77. The Morgan fingerprint density at radius 3 is 1.91 bits per heavy atom. The molecule has 0 atom stereocenters. The number of benzene rings is 4. The Hall–Kier alpha value is -3.71. The number of nitrogens with one attached hydrogen (secondary N) is 1. The predicted octanol–water partition coefficient (Wildman–Crippen LogP) is 3.03. The molecule has 4 aromatic carbocycles. The summed E-state index contributed by atoms with van der Waals surface area (Å²) in [5, 5.41) is 14.1. The van der Waals surface area contributed by atoms with Gasteiger partial charge in [-0.1, -0.05) is 24.3 Å². The molecular weight excluding hydrogens is 472 g/mol. The number of fused-ring (bicyclic) bond motifs is 2. The summed E-state index contributed by atoms with van der Waals surface area (Å²) in [5.74, 6) is -1.15. The molecule has 0 unspecified atom stereocenters. The van der Waals surface area contributed by atoms with E-state index in [1.54, 1.807) is 24.3 Å². The second-order valence-electron chi connectivity index (χ2n) is 7.20. The first-order valence-corrected chi connectivity index (χ1v) is 12.1. The fraction of sp³-hybridized carbons (Fsp3) is 0. The summed E-state index contributed by atoms with van der Waals surface area (Å²) in [7, 11) is -9.45. The zero-order valence-corrected chi connectivity index (χ0v) is 18.2. The highest BCUT2D eigenvalue weighted by Crippen LogP contribution is 2.35. The van der Waals surface area contributed by atoms with Gasteiger partial charge in [-0.3, -0.25) is 13.9 Å². The monoisotopic (exact) mass is 488 g/mol. The van der Waals surface area contributed by atoms with Crippen LogP contribution in [-0.2, 0) is 20.2 Å². The largest absolute Gasteiger partial charge is 0.507 e. The average Bonchev–Trinajstić information content (AvgIpc) is 2.71. The van der Waals surface area contributed by atoms with Crippen LogP contribution in [0.2, 0.25) is 0 Å². The molecule has 12 heteroatoms. The summed E-state index contributed by atoms with van der Waals surface area (Å²) >= 11 is 0. The molecule has 170 valence electrons. The molecule has 0 aliphatic heterocycles. The van der Waals surface area contributed by atoms with E-state index in [1.807, 2.05) is 0 Å². The number of phenols is 1. The van der Waals surface area contributed by atoms with E-state index < -0.39 is 35.9 Å². The van der Waals surface area contributed by atoms with E-state index in [-0.39, 0.29) is 33.5 Å².